The summed E-state index contributed by atoms with van der Waals surface area (Å²) in [6.07, 6.45) is 0. The molecule has 1 atom stereocenters. The van der Waals surface area contributed by atoms with Crippen LogP contribution >= 0.6 is 0 Å². The molecule has 0 saturated carbocycles. The zero-order chi connectivity index (χ0) is 15.2. The fourth-order valence-corrected chi connectivity index (χ4v) is 4.23. The number of aryl methyl sites for hydroxylation is 1. The molecule has 0 aliphatic carbocycles. The maximum atomic E-state index is 12.7. The smallest absolute Gasteiger partial charge is 0.408 e. The first kappa shape index (κ1) is 14.3. The van der Waals surface area contributed by atoms with Gasteiger partial charge in [0.25, 0.3) is 0 Å². The Hall–Kier alpha value is -1.64. The summed E-state index contributed by atoms with van der Waals surface area (Å²) in [7, 11) is -2.02. The summed E-state index contributed by atoms with van der Waals surface area (Å²) in [6.45, 7) is 3.57. The van der Waals surface area contributed by atoms with E-state index >= 15 is 0 Å². The molecule has 1 N–H and O–H groups in total. The van der Waals surface area contributed by atoms with Crippen molar-refractivity contribution in [3.8, 4) is 0 Å². The molecule has 1 aromatic carbocycles. The van der Waals surface area contributed by atoms with Gasteiger partial charge in [-0.1, -0.05) is 0 Å². The van der Waals surface area contributed by atoms with Gasteiger partial charge in [0.2, 0.25) is 10.0 Å². The van der Waals surface area contributed by atoms with Crippen molar-refractivity contribution in [2.75, 3.05) is 19.6 Å². The lowest BCUT2D eigenvalue weighted by Gasteiger charge is -2.32. The first-order chi connectivity index (χ1) is 9.91. The second kappa shape index (κ2) is 4.97. The van der Waals surface area contributed by atoms with Crippen LogP contribution in [0.2, 0.25) is 0 Å². The van der Waals surface area contributed by atoms with E-state index in [-0.39, 0.29) is 10.9 Å². The molecule has 1 fully saturated rings. The summed E-state index contributed by atoms with van der Waals surface area (Å²) >= 11 is 0. The van der Waals surface area contributed by atoms with E-state index in [1.165, 1.54) is 27.1 Å². The number of fused-ring (bicyclic) bond motifs is 1. The zero-order valence-corrected chi connectivity index (χ0v) is 12.7. The highest BCUT2D eigenvalue weighted by molar-refractivity contribution is 7.89. The van der Waals surface area contributed by atoms with E-state index in [2.05, 4.69) is 5.32 Å². The summed E-state index contributed by atoms with van der Waals surface area (Å²) in [5.41, 5.74) is 0.860. The van der Waals surface area contributed by atoms with Crippen LogP contribution in [0.5, 0.6) is 0 Å². The van der Waals surface area contributed by atoms with Gasteiger partial charge >= 0.3 is 5.76 Å². The van der Waals surface area contributed by atoms with E-state index in [9.17, 15) is 13.2 Å². The van der Waals surface area contributed by atoms with Gasteiger partial charge in [-0.15, -0.1) is 0 Å². The van der Waals surface area contributed by atoms with Crippen LogP contribution in [0, 0.1) is 0 Å². The first-order valence-corrected chi connectivity index (χ1v) is 8.17. The quantitative estimate of drug-likeness (QED) is 0.851. The molecule has 0 radical (unpaired) electrons. The van der Waals surface area contributed by atoms with Crippen LogP contribution in [-0.4, -0.2) is 43.0 Å². The lowest BCUT2D eigenvalue weighted by molar-refractivity contribution is 0.284. The average Bonchev–Trinajstić information content (AvgIpc) is 2.74. The lowest BCUT2D eigenvalue weighted by Crippen LogP contribution is -2.52. The number of oxazole rings is 1. The lowest BCUT2D eigenvalue weighted by atomic mass is 10.3. The third-order valence-electron chi connectivity index (χ3n) is 3.81. The van der Waals surface area contributed by atoms with Crippen molar-refractivity contribution in [3.05, 3.63) is 28.7 Å². The normalized spacial score (nSPS) is 21.0. The highest BCUT2D eigenvalue weighted by atomic mass is 32.2. The minimum Gasteiger partial charge on any atom is -0.408 e. The highest BCUT2D eigenvalue weighted by Gasteiger charge is 2.31. The van der Waals surface area contributed by atoms with E-state index in [0.29, 0.717) is 30.7 Å². The van der Waals surface area contributed by atoms with Gasteiger partial charge in [0, 0.05) is 32.7 Å². The van der Waals surface area contributed by atoms with Crippen molar-refractivity contribution in [2.45, 2.75) is 17.9 Å². The van der Waals surface area contributed by atoms with E-state index in [0.717, 1.165) is 0 Å². The second-order valence-electron chi connectivity index (χ2n) is 5.23. The number of aromatic nitrogens is 1. The fraction of sp³-hybridized carbons (Fsp3) is 0.462. The van der Waals surface area contributed by atoms with Crippen LogP contribution in [0.4, 0.5) is 0 Å². The van der Waals surface area contributed by atoms with E-state index in [4.69, 9.17) is 4.42 Å². The van der Waals surface area contributed by atoms with Crippen LogP contribution in [0.3, 0.4) is 0 Å². The molecule has 0 amide bonds. The average molecular weight is 311 g/mol. The number of nitrogens with one attached hydrogen (secondary N) is 1. The summed E-state index contributed by atoms with van der Waals surface area (Å²) in [5.74, 6) is -0.505. The Labute approximate surface area is 122 Å². The molecule has 114 valence electrons. The summed E-state index contributed by atoms with van der Waals surface area (Å²) in [6, 6.07) is 4.39. The topological polar surface area (TPSA) is 84.6 Å². The summed E-state index contributed by atoms with van der Waals surface area (Å²) < 4.78 is 33.3. The molecule has 21 heavy (non-hydrogen) atoms. The summed E-state index contributed by atoms with van der Waals surface area (Å²) in [4.78, 5) is 11.7. The molecular weight excluding hydrogens is 294 g/mol. The van der Waals surface area contributed by atoms with Gasteiger partial charge in [-0.25, -0.2) is 13.2 Å². The number of nitrogens with zero attached hydrogens (tertiary/aromatic N) is 2. The molecular formula is C13H17N3O4S. The Bertz CT molecular complexity index is 837. The minimum absolute atomic E-state index is 0.104. The van der Waals surface area contributed by atoms with E-state index in [1.54, 1.807) is 7.05 Å². The van der Waals surface area contributed by atoms with Crippen molar-refractivity contribution >= 4 is 21.1 Å². The molecule has 1 aromatic heterocycles. The van der Waals surface area contributed by atoms with Gasteiger partial charge in [0.15, 0.2) is 5.58 Å². The molecule has 0 unspecified atom stereocenters. The molecule has 7 nitrogen and oxygen atoms in total. The Balaban J connectivity index is 2.10. The Morgan fingerprint density at radius 1 is 1.38 bits per heavy atom. The number of rotatable bonds is 2. The van der Waals surface area contributed by atoms with Crippen LogP contribution in [0.15, 0.2) is 32.3 Å². The number of hydrogen-bond acceptors (Lipinski definition) is 5. The number of hydrogen-bond donors (Lipinski definition) is 1. The van der Waals surface area contributed by atoms with Gasteiger partial charge in [0.05, 0.1) is 10.4 Å². The predicted molar refractivity (Wildman–Crippen MR) is 77.7 cm³/mol. The van der Waals surface area contributed by atoms with E-state index in [1.807, 2.05) is 6.92 Å². The molecule has 3 rings (SSSR count). The molecule has 1 saturated heterocycles. The molecule has 2 heterocycles. The standard InChI is InChI=1S/C13H17N3O4S/c1-9-8-14-5-6-16(9)21(18,19)10-3-4-12-11(7-10)15(2)13(17)20-12/h3-4,7,9,14H,5-6,8H2,1-2H3/t9-/m1/s1. The molecule has 0 bridgehead atoms. The SMILES string of the molecule is C[C@@H]1CNCCN1S(=O)(=O)c1ccc2oc(=O)n(C)c2c1. The van der Waals surface area contributed by atoms with Crippen LogP contribution < -0.4 is 11.1 Å². The largest absolute Gasteiger partial charge is 0.419 e. The first-order valence-electron chi connectivity index (χ1n) is 6.73. The zero-order valence-electron chi connectivity index (χ0n) is 11.9. The van der Waals surface area contributed by atoms with Gasteiger partial charge in [-0.3, -0.25) is 4.57 Å². The van der Waals surface area contributed by atoms with Gasteiger partial charge in [-0.05, 0) is 25.1 Å². The fourth-order valence-electron chi connectivity index (χ4n) is 2.58. The molecule has 1 aliphatic rings. The molecule has 8 heteroatoms. The highest BCUT2D eigenvalue weighted by Crippen LogP contribution is 2.23. The van der Waals surface area contributed by atoms with Gasteiger partial charge in [0.1, 0.15) is 0 Å². The number of benzene rings is 1. The monoisotopic (exact) mass is 311 g/mol. The van der Waals surface area contributed by atoms with Crippen LogP contribution in [-0.2, 0) is 17.1 Å². The van der Waals surface area contributed by atoms with Crippen molar-refractivity contribution < 1.29 is 12.8 Å². The third-order valence-corrected chi connectivity index (χ3v) is 5.82. The minimum atomic E-state index is -3.57. The molecule has 1 aliphatic heterocycles. The number of sulfonamides is 1. The maximum absolute atomic E-state index is 12.7. The van der Waals surface area contributed by atoms with Crippen molar-refractivity contribution in [2.24, 2.45) is 7.05 Å². The van der Waals surface area contributed by atoms with Gasteiger partial charge in [-0.2, -0.15) is 4.31 Å². The molecule has 2 aromatic rings. The van der Waals surface area contributed by atoms with Crippen molar-refractivity contribution in [3.63, 3.8) is 0 Å². The summed E-state index contributed by atoms with van der Waals surface area (Å²) in [5, 5.41) is 3.16. The number of piperazine rings is 1. The van der Waals surface area contributed by atoms with Gasteiger partial charge < -0.3 is 9.73 Å². The third kappa shape index (κ3) is 2.29. The Morgan fingerprint density at radius 2 is 2.14 bits per heavy atom. The van der Waals surface area contributed by atoms with E-state index < -0.39 is 15.8 Å². The second-order valence-corrected chi connectivity index (χ2v) is 7.12. The maximum Gasteiger partial charge on any atom is 0.419 e. The van der Waals surface area contributed by atoms with Crippen LogP contribution in [0.1, 0.15) is 6.92 Å². The predicted octanol–water partition coefficient (Wildman–Crippen LogP) is 0.114. The Morgan fingerprint density at radius 3 is 2.86 bits per heavy atom. The molecule has 0 spiro atoms. The van der Waals surface area contributed by atoms with Crippen molar-refractivity contribution in [1.29, 1.82) is 0 Å². The Kier molecular flexibility index (Phi) is 3.39. The van der Waals surface area contributed by atoms with Crippen LogP contribution in [0.25, 0.3) is 11.1 Å². The van der Waals surface area contributed by atoms with Crippen molar-refractivity contribution in [1.82, 2.24) is 14.2 Å².